The lowest BCUT2D eigenvalue weighted by Crippen LogP contribution is -2.09. The van der Waals surface area contributed by atoms with Gasteiger partial charge < -0.3 is 0 Å². The van der Waals surface area contributed by atoms with Crippen molar-refractivity contribution < 1.29 is 0 Å². The van der Waals surface area contributed by atoms with E-state index in [2.05, 4.69) is 60.7 Å². The van der Waals surface area contributed by atoms with Crippen molar-refractivity contribution in [2.24, 2.45) is 0 Å². The van der Waals surface area contributed by atoms with Crippen molar-refractivity contribution >= 4 is 34.2 Å². The molecule has 0 N–H and O–H groups in total. The summed E-state index contributed by atoms with van der Waals surface area (Å²) in [6.45, 7) is 4.38. The van der Waals surface area contributed by atoms with Crippen LogP contribution in [0.25, 0.3) is 0 Å². The first-order valence-corrected chi connectivity index (χ1v) is 6.56. The summed E-state index contributed by atoms with van der Waals surface area (Å²) in [4.78, 5) is 0. The van der Waals surface area contributed by atoms with Gasteiger partial charge in [-0.05, 0) is 52.6 Å². The van der Waals surface area contributed by atoms with Crippen molar-refractivity contribution in [2.45, 2.75) is 38.0 Å². The van der Waals surface area contributed by atoms with E-state index in [9.17, 15) is 0 Å². The summed E-state index contributed by atoms with van der Waals surface area (Å²) in [6.07, 6.45) is 2.25. The van der Waals surface area contributed by atoms with Gasteiger partial charge in [0.25, 0.3) is 0 Å². The highest BCUT2D eigenvalue weighted by Gasteiger charge is 2.14. The van der Waals surface area contributed by atoms with Crippen LogP contribution in [-0.4, -0.2) is 5.38 Å². The fourth-order valence-corrected chi connectivity index (χ4v) is 2.22. The first-order chi connectivity index (χ1) is 6.65. The second kappa shape index (κ2) is 5.96. The van der Waals surface area contributed by atoms with Gasteiger partial charge >= 0.3 is 0 Å². The summed E-state index contributed by atoms with van der Waals surface area (Å²) in [5.74, 6) is 0.452. The molecule has 1 aromatic rings. The van der Waals surface area contributed by atoms with Gasteiger partial charge in [0, 0.05) is 8.95 Å². The second-order valence-electron chi connectivity index (χ2n) is 3.64. The third kappa shape index (κ3) is 3.43. The van der Waals surface area contributed by atoms with E-state index in [4.69, 9.17) is 11.6 Å². The van der Waals surface area contributed by atoms with Crippen LogP contribution in [0.5, 0.6) is 0 Å². The van der Waals surface area contributed by atoms with Gasteiger partial charge in [0.1, 0.15) is 0 Å². The number of benzene rings is 1. The normalized spacial score (nSPS) is 15.1. The quantitative estimate of drug-likeness (QED) is 0.551. The molecule has 1 aromatic carbocycles. The zero-order chi connectivity index (χ0) is 10.6. The van der Waals surface area contributed by atoms with Crippen LogP contribution in [0.3, 0.4) is 0 Å². The van der Waals surface area contributed by atoms with Crippen LogP contribution in [0, 0.1) is 3.57 Å². The van der Waals surface area contributed by atoms with Crippen LogP contribution in [-0.2, 0) is 0 Å². The van der Waals surface area contributed by atoms with Gasteiger partial charge in [0.2, 0.25) is 0 Å². The topological polar surface area (TPSA) is 0 Å². The molecule has 0 radical (unpaired) electrons. The van der Waals surface area contributed by atoms with E-state index in [0.29, 0.717) is 5.92 Å². The van der Waals surface area contributed by atoms with E-state index >= 15 is 0 Å². The molecular formula is C12H16ClI. The van der Waals surface area contributed by atoms with E-state index in [1.54, 1.807) is 0 Å². The van der Waals surface area contributed by atoms with Gasteiger partial charge in [-0.1, -0.05) is 32.4 Å². The maximum atomic E-state index is 6.30. The summed E-state index contributed by atoms with van der Waals surface area (Å²) in [5.41, 5.74) is 1.35. The number of hydrogen-bond acceptors (Lipinski definition) is 0. The van der Waals surface area contributed by atoms with Crippen LogP contribution in [0.4, 0.5) is 0 Å². The maximum absolute atomic E-state index is 6.30. The van der Waals surface area contributed by atoms with Crippen LogP contribution in [0.1, 0.15) is 38.2 Å². The lowest BCUT2D eigenvalue weighted by molar-refractivity contribution is 0.634. The first-order valence-electron chi connectivity index (χ1n) is 5.04. The largest absolute Gasteiger partial charge is 0.122 e. The van der Waals surface area contributed by atoms with E-state index < -0.39 is 0 Å². The zero-order valence-electron chi connectivity index (χ0n) is 8.63. The van der Waals surface area contributed by atoms with E-state index in [1.165, 1.54) is 9.13 Å². The van der Waals surface area contributed by atoms with Crippen LogP contribution in [0.2, 0.25) is 0 Å². The monoisotopic (exact) mass is 322 g/mol. The fourth-order valence-electron chi connectivity index (χ4n) is 1.50. The van der Waals surface area contributed by atoms with Crippen molar-refractivity contribution in [3.8, 4) is 0 Å². The number of halogens is 2. The lowest BCUT2D eigenvalue weighted by atomic mass is 9.95. The van der Waals surface area contributed by atoms with Crippen LogP contribution >= 0.6 is 34.2 Å². The molecule has 2 unspecified atom stereocenters. The number of hydrogen-bond donors (Lipinski definition) is 0. The van der Waals surface area contributed by atoms with Crippen LogP contribution < -0.4 is 0 Å². The molecule has 78 valence electrons. The van der Waals surface area contributed by atoms with Crippen molar-refractivity contribution in [3.05, 3.63) is 33.4 Å². The molecule has 2 heteroatoms. The molecule has 0 saturated heterocycles. The summed E-state index contributed by atoms with van der Waals surface area (Å²) >= 11 is 8.62. The number of alkyl halides is 1. The van der Waals surface area contributed by atoms with Gasteiger partial charge in [0.05, 0.1) is 0 Å². The van der Waals surface area contributed by atoms with Gasteiger partial charge in [0.15, 0.2) is 0 Å². The van der Waals surface area contributed by atoms with Crippen molar-refractivity contribution in [2.75, 3.05) is 0 Å². The van der Waals surface area contributed by atoms with Gasteiger partial charge in [-0.2, -0.15) is 0 Å². The van der Waals surface area contributed by atoms with Gasteiger partial charge in [-0.25, -0.2) is 0 Å². The molecule has 0 aliphatic carbocycles. The SMILES string of the molecule is CCCC(Cl)C(C)c1ccc(I)cc1. The third-order valence-corrected chi connectivity index (χ3v) is 3.82. The highest BCUT2D eigenvalue weighted by Crippen LogP contribution is 2.26. The van der Waals surface area contributed by atoms with Crippen molar-refractivity contribution in [1.29, 1.82) is 0 Å². The zero-order valence-corrected chi connectivity index (χ0v) is 11.5. The Hall–Kier alpha value is 0.240. The Morgan fingerprint density at radius 1 is 1.29 bits per heavy atom. The average molecular weight is 323 g/mol. The van der Waals surface area contributed by atoms with E-state index in [-0.39, 0.29) is 5.38 Å². The molecule has 14 heavy (non-hydrogen) atoms. The average Bonchev–Trinajstić information content (AvgIpc) is 2.18. The predicted octanol–water partition coefficient (Wildman–Crippen LogP) is 4.80. The smallest absolute Gasteiger partial charge is 0.0401 e. The Bertz CT molecular complexity index is 268. The summed E-state index contributed by atoms with van der Waals surface area (Å²) in [6, 6.07) is 8.64. The molecule has 0 nitrogen and oxygen atoms in total. The minimum atomic E-state index is 0.264. The molecule has 0 aromatic heterocycles. The third-order valence-electron chi connectivity index (χ3n) is 2.50. The van der Waals surface area contributed by atoms with E-state index in [0.717, 1.165) is 12.8 Å². The molecule has 0 aliphatic rings. The Labute approximate surface area is 105 Å². The highest BCUT2D eigenvalue weighted by molar-refractivity contribution is 14.1. The lowest BCUT2D eigenvalue weighted by Gasteiger charge is -2.17. The molecule has 0 saturated carbocycles. The molecule has 1 rings (SSSR count). The molecule has 2 atom stereocenters. The van der Waals surface area contributed by atoms with Gasteiger partial charge in [-0.3, -0.25) is 0 Å². The van der Waals surface area contributed by atoms with Crippen molar-refractivity contribution in [1.82, 2.24) is 0 Å². The Morgan fingerprint density at radius 2 is 1.86 bits per heavy atom. The molecule has 0 bridgehead atoms. The molecule has 0 heterocycles. The highest BCUT2D eigenvalue weighted by atomic mass is 127. The molecule has 0 aliphatic heterocycles. The number of rotatable bonds is 4. The Balaban J connectivity index is 2.68. The summed E-state index contributed by atoms with van der Waals surface area (Å²) in [7, 11) is 0. The Kier molecular flexibility index (Phi) is 5.24. The van der Waals surface area contributed by atoms with Gasteiger partial charge in [-0.15, -0.1) is 11.6 Å². The molecular weight excluding hydrogens is 306 g/mol. The molecule has 0 amide bonds. The molecule has 0 spiro atoms. The maximum Gasteiger partial charge on any atom is 0.0401 e. The molecule has 0 fully saturated rings. The Morgan fingerprint density at radius 3 is 2.36 bits per heavy atom. The summed E-state index contributed by atoms with van der Waals surface area (Å²) < 4.78 is 1.28. The predicted molar refractivity (Wildman–Crippen MR) is 72.1 cm³/mol. The minimum absolute atomic E-state index is 0.264. The standard InChI is InChI=1S/C12H16ClI/c1-3-4-12(13)9(2)10-5-7-11(14)8-6-10/h5-9,12H,3-4H2,1-2H3. The van der Waals surface area contributed by atoms with Crippen molar-refractivity contribution in [3.63, 3.8) is 0 Å². The fraction of sp³-hybridized carbons (Fsp3) is 0.500. The first kappa shape index (κ1) is 12.3. The minimum Gasteiger partial charge on any atom is -0.122 e. The second-order valence-corrected chi connectivity index (χ2v) is 5.45. The summed E-state index contributed by atoms with van der Waals surface area (Å²) in [5, 5.41) is 0.264. The van der Waals surface area contributed by atoms with Crippen LogP contribution in [0.15, 0.2) is 24.3 Å². The van der Waals surface area contributed by atoms with E-state index in [1.807, 2.05) is 0 Å².